The van der Waals surface area contributed by atoms with Crippen molar-refractivity contribution in [1.29, 1.82) is 0 Å². The van der Waals surface area contributed by atoms with Crippen molar-refractivity contribution < 1.29 is 17.9 Å². The molecule has 0 aliphatic rings. The zero-order chi connectivity index (χ0) is 23.6. The van der Waals surface area contributed by atoms with Crippen LogP contribution in [-0.2, 0) is 10.0 Å². The largest absolute Gasteiger partial charge is 0.495 e. The summed E-state index contributed by atoms with van der Waals surface area (Å²) in [4.78, 5) is 12.0. The van der Waals surface area contributed by atoms with E-state index in [9.17, 15) is 13.2 Å². The number of H-pyrrole nitrogens is 1. The Bertz CT molecular complexity index is 1420. The van der Waals surface area contributed by atoms with Gasteiger partial charge in [0.25, 0.3) is 10.0 Å². The van der Waals surface area contributed by atoms with Gasteiger partial charge in [0.05, 0.1) is 12.8 Å². The summed E-state index contributed by atoms with van der Waals surface area (Å²) in [6.07, 6.45) is 0. The molecule has 4 rings (SSSR count). The fourth-order valence-corrected chi connectivity index (χ4v) is 4.79. The number of aromatic amines is 1. The van der Waals surface area contributed by atoms with Gasteiger partial charge in [-0.1, -0.05) is 41.9 Å². The molecule has 0 saturated heterocycles. The Morgan fingerprint density at radius 3 is 2.45 bits per heavy atom. The second-order valence-corrected chi connectivity index (χ2v) is 8.91. The Balaban J connectivity index is 1.81. The van der Waals surface area contributed by atoms with Gasteiger partial charge in [0.1, 0.15) is 10.6 Å². The van der Waals surface area contributed by atoms with Crippen molar-refractivity contribution in [1.82, 2.24) is 20.6 Å². The molecule has 168 valence electrons. The first-order valence-electron chi connectivity index (χ1n) is 9.44. The topological polar surface area (TPSA) is 153 Å². The third kappa shape index (κ3) is 4.49. The lowest BCUT2D eigenvalue weighted by molar-refractivity contribution is 0.100. The number of nitrogens with zero attached hydrogens (tertiary/aromatic N) is 3. The number of carbonyl (C=O) groups excluding carboxylic acids is 1. The number of halogens is 1. The van der Waals surface area contributed by atoms with Crippen LogP contribution in [0, 0.1) is 0 Å². The SMILES string of the molecule is COc1ccc(Cl)cc1S(=O)(=O)Nc1cccc(C(N)=O)c1-c1ccc(-c2nnn[nH]2)cc1. The second-order valence-electron chi connectivity index (χ2n) is 6.82. The summed E-state index contributed by atoms with van der Waals surface area (Å²) in [5.41, 5.74) is 7.45. The number of hydrogen-bond donors (Lipinski definition) is 3. The lowest BCUT2D eigenvalue weighted by Gasteiger charge is -2.17. The predicted molar refractivity (Wildman–Crippen MR) is 122 cm³/mol. The third-order valence-corrected chi connectivity index (χ3v) is 6.40. The molecule has 0 unspecified atom stereocenters. The molecule has 1 aromatic heterocycles. The number of tetrazole rings is 1. The van der Waals surface area contributed by atoms with Crippen LogP contribution in [-0.4, -0.2) is 42.1 Å². The molecule has 0 fully saturated rings. The van der Waals surface area contributed by atoms with Crippen molar-refractivity contribution in [2.24, 2.45) is 5.73 Å². The van der Waals surface area contributed by atoms with E-state index in [-0.39, 0.29) is 26.9 Å². The van der Waals surface area contributed by atoms with Gasteiger partial charge < -0.3 is 10.5 Å². The number of nitrogens with one attached hydrogen (secondary N) is 2. The number of benzene rings is 3. The molecule has 3 aromatic carbocycles. The van der Waals surface area contributed by atoms with Crippen LogP contribution in [0.1, 0.15) is 10.4 Å². The fraction of sp³-hybridized carbons (Fsp3) is 0.0476. The van der Waals surface area contributed by atoms with Crippen LogP contribution in [0.15, 0.2) is 65.6 Å². The average Bonchev–Trinajstić information content (AvgIpc) is 3.34. The maximum Gasteiger partial charge on any atom is 0.265 e. The molecule has 1 amide bonds. The van der Waals surface area contributed by atoms with Gasteiger partial charge in [-0.05, 0) is 46.3 Å². The van der Waals surface area contributed by atoms with Crippen molar-refractivity contribution >= 4 is 33.2 Å². The summed E-state index contributed by atoms with van der Waals surface area (Å²) in [6, 6.07) is 15.7. The smallest absolute Gasteiger partial charge is 0.265 e. The quantitative estimate of drug-likeness (QED) is 0.364. The molecular formula is C21H17ClN6O4S. The highest BCUT2D eigenvalue weighted by atomic mass is 35.5. The number of aromatic nitrogens is 4. The number of rotatable bonds is 7. The number of amides is 1. The van der Waals surface area contributed by atoms with Crippen LogP contribution in [0.3, 0.4) is 0 Å². The van der Waals surface area contributed by atoms with Crippen LogP contribution in [0.5, 0.6) is 5.75 Å². The number of sulfonamides is 1. The molecule has 1 heterocycles. The zero-order valence-electron chi connectivity index (χ0n) is 17.1. The molecule has 0 atom stereocenters. The maximum atomic E-state index is 13.2. The van der Waals surface area contributed by atoms with Crippen molar-refractivity contribution in [3.8, 4) is 28.3 Å². The summed E-state index contributed by atoms with van der Waals surface area (Å²) in [5, 5.41) is 13.8. The van der Waals surface area contributed by atoms with Crippen molar-refractivity contribution in [2.45, 2.75) is 4.90 Å². The Morgan fingerprint density at radius 2 is 1.82 bits per heavy atom. The van der Waals surface area contributed by atoms with Gasteiger partial charge in [0, 0.05) is 21.7 Å². The van der Waals surface area contributed by atoms with Gasteiger partial charge in [-0.25, -0.2) is 13.5 Å². The van der Waals surface area contributed by atoms with Crippen molar-refractivity contribution in [3.63, 3.8) is 0 Å². The van der Waals surface area contributed by atoms with E-state index in [1.807, 2.05) is 0 Å². The molecule has 10 nitrogen and oxygen atoms in total. The van der Waals surface area contributed by atoms with E-state index < -0.39 is 15.9 Å². The first-order chi connectivity index (χ1) is 15.8. The van der Waals surface area contributed by atoms with Crippen LogP contribution in [0.4, 0.5) is 5.69 Å². The molecule has 0 saturated carbocycles. The Kier molecular flexibility index (Phi) is 5.99. The molecule has 0 spiro atoms. The summed E-state index contributed by atoms with van der Waals surface area (Å²) < 4.78 is 34.1. The lowest BCUT2D eigenvalue weighted by atomic mass is 9.96. The van der Waals surface area contributed by atoms with E-state index in [2.05, 4.69) is 25.3 Å². The van der Waals surface area contributed by atoms with Gasteiger partial charge in [-0.15, -0.1) is 5.10 Å². The van der Waals surface area contributed by atoms with Gasteiger partial charge in [-0.3, -0.25) is 9.52 Å². The van der Waals surface area contributed by atoms with Gasteiger partial charge in [0.15, 0.2) is 5.82 Å². The van der Waals surface area contributed by atoms with Gasteiger partial charge >= 0.3 is 0 Å². The second kappa shape index (κ2) is 8.88. The number of nitrogens with two attached hydrogens (primary N) is 1. The summed E-state index contributed by atoms with van der Waals surface area (Å²) in [7, 11) is -2.78. The van der Waals surface area contributed by atoms with E-state index in [1.54, 1.807) is 24.3 Å². The first kappa shape index (κ1) is 22.2. The highest BCUT2D eigenvalue weighted by molar-refractivity contribution is 7.92. The molecule has 4 aromatic rings. The van der Waals surface area contributed by atoms with Crippen molar-refractivity contribution in [2.75, 3.05) is 11.8 Å². The van der Waals surface area contributed by atoms with Crippen LogP contribution in [0.25, 0.3) is 22.5 Å². The van der Waals surface area contributed by atoms with Crippen LogP contribution in [0.2, 0.25) is 5.02 Å². The van der Waals surface area contributed by atoms with E-state index in [1.165, 1.54) is 43.5 Å². The fourth-order valence-electron chi connectivity index (χ4n) is 3.29. The third-order valence-electron chi connectivity index (χ3n) is 4.78. The molecule has 0 radical (unpaired) electrons. The molecule has 33 heavy (non-hydrogen) atoms. The number of anilines is 1. The Hall–Kier alpha value is -3.96. The maximum absolute atomic E-state index is 13.2. The van der Waals surface area contributed by atoms with E-state index in [4.69, 9.17) is 22.1 Å². The highest BCUT2D eigenvalue weighted by Gasteiger charge is 2.23. The minimum Gasteiger partial charge on any atom is -0.495 e. The normalized spacial score (nSPS) is 11.2. The van der Waals surface area contributed by atoms with E-state index in [0.717, 1.165) is 0 Å². The summed E-state index contributed by atoms with van der Waals surface area (Å²) >= 11 is 6.01. The highest BCUT2D eigenvalue weighted by Crippen LogP contribution is 2.35. The Morgan fingerprint density at radius 1 is 1.09 bits per heavy atom. The predicted octanol–water partition coefficient (Wildman–Crippen LogP) is 3.10. The number of carbonyl (C=O) groups is 1. The zero-order valence-corrected chi connectivity index (χ0v) is 18.7. The van der Waals surface area contributed by atoms with Crippen LogP contribution < -0.4 is 15.2 Å². The molecule has 4 N–H and O–H groups in total. The van der Waals surface area contributed by atoms with Crippen LogP contribution >= 0.6 is 11.6 Å². The minimum atomic E-state index is -4.14. The molecule has 0 bridgehead atoms. The number of primary amides is 1. The van der Waals surface area contributed by atoms with E-state index >= 15 is 0 Å². The first-order valence-corrected chi connectivity index (χ1v) is 11.3. The summed E-state index contributed by atoms with van der Waals surface area (Å²) in [5.74, 6) is -0.141. The molecule has 0 aliphatic heterocycles. The lowest BCUT2D eigenvalue weighted by Crippen LogP contribution is -2.17. The number of methoxy groups -OCH3 is 1. The molecule has 12 heteroatoms. The Labute approximate surface area is 193 Å². The van der Waals surface area contributed by atoms with E-state index in [0.29, 0.717) is 22.5 Å². The van der Waals surface area contributed by atoms with Crippen molar-refractivity contribution in [3.05, 3.63) is 71.2 Å². The summed E-state index contributed by atoms with van der Waals surface area (Å²) in [6.45, 7) is 0. The number of ether oxygens (including phenoxy) is 1. The number of hydrogen-bond acceptors (Lipinski definition) is 7. The standard InChI is InChI=1S/C21H17ClN6O4S/c1-32-17-10-9-14(22)11-18(17)33(30,31)26-16-4-2-3-15(20(23)29)19(16)12-5-7-13(8-6-12)21-24-27-28-25-21/h2-11,26H,1H3,(H2,23,29)(H,24,25,27,28). The minimum absolute atomic E-state index is 0.115. The van der Waals surface area contributed by atoms with Gasteiger partial charge in [0.2, 0.25) is 5.91 Å². The molecular weight excluding hydrogens is 468 g/mol. The molecule has 0 aliphatic carbocycles. The van der Waals surface area contributed by atoms with Gasteiger partial charge in [-0.2, -0.15) is 0 Å². The monoisotopic (exact) mass is 484 g/mol. The average molecular weight is 485 g/mol.